The van der Waals surface area contributed by atoms with Crippen LogP contribution in [0.25, 0.3) is 0 Å². The van der Waals surface area contributed by atoms with Crippen LogP contribution in [0.1, 0.15) is 10.4 Å². The highest BCUT2D eigenvalue weighted by atomic mass is 32.2. The molecular formula is C13H19FN2O4S. The van der Waals surface area contributed by atoms with Crippen molar-refractivity contribution in [2.45, 2.75) is 0 Å². The molecule has 1 rings (SSSR count). The van der Waals surface area contributed by atoms with Crippen molar-refractivity contribution in [3.05, 3.63) is 35.6 Å². The Morgan fingerprint density at radius 3 is 2.43 bits per heavy atom. The highest BCUT2D eigenvalue weighted by Crippen LogP contribution is 2.02. The summed E-state index contributed by atoms with van der Waals surface area (Å²) in [7, 11) is -1.87. The van der Waals surface area contributed by atoms with Gasteiger partial charge in [0.25, 0.3) is 5.91 Å². The molecule has 0 unspecified atom stereocenters. The quantitative estimate of drug-likeness (QED) is 0.756. The predicted molar refractivity (Wildman–Crippen MR) is 77.0 cm³/mol. The lowest BCUT2D eigenvalue weighted by Crippen LogP contribution is -2.39. The van der Waals surface area contributed by atoms with E-state index in [0.717, 1.165) is 6.26 Å². The maximum absolute atomic E-state index is 12.7. The first-order chi connectivity index (χ1) is 9.84. The molecule has 1 aromatic carbocycles. The Hall–Kier alpha value is -1.51. The van der Waals surface area contributed by atoms with Crippen molar-refractivity contribution >= 4 is 15.9 Å². The number of nitrogens with zero attached hydrogens (tertiary/aromatic N) is 1. The monoisotopic (exact) mass is 318 g/mol. The van der Waals surface area contributed by atoms with E-state index < -0.39 is 15.8 Å². The molecule has 6 nitrogen and oxygen atoms in total. The third kappa shape index (κ3) is 6.19. The van der Waals surface area contributed by atoms with Crippen LogP contribution in [0.15, 0.2) is 24.3 Å². The van der Waals surface area contributed by atoms with Gasteiger partial charge in [-0.15, -0.1) is 0 Å². The molecule has 0 saturated carbocycles. The van der Waals surface area contributed by atoms with Crippen molar-refractivity contribution < 1.29 is 22.3 Å². The van der Waals surface area contributed by atoms with Gasteiger partial charge in [-0.1, -0.05) is 0 Å². The number of carbonyl (C=O) groups is 1. The number of nitrogens with one attached hydrogen (secondary N) is 1. The van der Waals surface area contributed by atoms with Crippen molar-refractivity contribution in [1.29, 1.82) is 0 Å². The minimum absolute atomic E-state index is 0.148. The molecule has 118 valence electrons. The van der Waals surface area contributed by atoms with E-state index in [1.54, 1.807) is 0 Å². The molecule has 1 N–H and O–H groups in total. The van der Waals surface area contributed by atoms with Gasteiger partial charge < -0.3 is 10.1 Å². The van der Waals surface area contributed by atoms with E-state index in [-0.39, 0.29) is 32.1 Å². The molecule has 0 aliphatic rings. The summed E-state index contributed by atoms with van der Waals surface area (Å²) in [6.07, 6.45) is 1.10. The number of methoxy groups -OCH3 is 1. The lowest BCUT2D eigenvalue weighted by molar-refractivity contribution is 0.0950. The number of hydrogen-bond donors (Lipinski definition) is 1. The summed E-state index contributed by atoms with van der Waals surface area (Å²) < 4.78 is 41.9. The molecule has 0 aliphatic heterocycles. The van der Waals surface area contributed by atoms with Crippen LogP contribution in [-0.2, 0) is 14.8 Å². The van der Waals surface area contributed by atoms with E-state index in [1.165, 1.54) is 35.7 Å². The van der Waals surface area contributed by atoms with Crippen LogP contribution < -0.4 is 5.32 Å². The summed E-state index contributed by atoms with van der Waals surface area (Å²) in [5.41, 5.74) is 0.319. The Morgan fingerprint density at radius 1 is 1.29 bits per heavy atom. The zero-order chi connectivity index (χ0) is 15.9. The minimum Gasteiger partial charge on any atom is -0.383 e. The van der Waals surface area contributed by atoms with Gasteiger partial charge in [-0.25, -0.2) is 12.8 Å². The summed E-state index contributed by atoms with van der Waals surface area (Å²) in [6.45, 7) is 0.808. The minimum atomic E-state index is -3.35. The van der Waals surface area contributed by atoms with E-state index in [1.807, 2.05) is 0 Å². The molecule has 0 atom stereocenters. The molecule has 0 aliphatic carbocycles. The summed E-state index contributed by atoms with van der Waals surface area (Å²) in [4.78, 5) is 11.8. The summed E-state index contributed by atoms with van der Waals surface area (Å²) in [6, 6.07) is 5.11. The first-order valence-electron chi connectivity index (χ1n) is 6.32. The highest BCUT2D eigenvalue weighted by Gasteiger charge is 2.16. The molecule has 21 heavy (non-hydrogen) atoms. The van der Waals surface area contributed by atoms with Gasteiger partial charge in [0.1, 0.15) is 5.82 Å². The smallest absolute Gasteiger partial charge is 0.251 e. The molecule has 0 bridgehead atoms. The van der Waals surface area contributed by atoms with Crippen LogP contribution in [0.3, 0.4) is 0 Å². The van der Waals surface area contributed by atoms with E-state index in [4.69, 9.17) is 4.74 Å². The predicted octanol–water partition coefficient (Wildman–Crippen LogP) is 0.463. The first-order valence-corrected chi connectivity index (χ1v) is 8.17. The van der Waals surface area contributed by atoms with Gasteiger partial charge in [-0.2, -0.15) is 4.31 Å². The van der Waals surface area contributed by atoms with Crippen molar-refractivity contribution in [3.8, 4) is 0 Å². The van der Waals surface area contributed by atoms with Gasteiger partial charge in [0.05, 0.1) is 12.9 Å². The van der Waals surface area contributed by atoms with Crippen molar-refractivity contribution in [1.82, 2.24) is 9.62 Å². The van der Waals surface area contributed by atoms with E-state index in [0.29, 0.717) is 5.56 Å². The molecule has 1 aromatic rings. The first kappa shape index (κ1) is 17.5. The molecule has 0 saturated heterocycles. The summed E-state index contributed by atoms with van der Waals surface area (Å²) in [5.74, 6) is -0.801. The molecule has 0 heterocycles. The number of ether oxygens (including phenoxy) is 1. The Morgan fingerprint density at radius 2 is 1.90 bits per heavy atom. The molecule has 0 radical (unpaired) electrons. The Balaban J connectivity index is 2.50. The second kappa shape index (κ2) is 8.06. The fourth-order valence-corrected chi connectivity index (χ4v) is 2.46. The molecule has 1 amide bonds. The standard InChI is InChI=1S/C13H19FN2O4S/c1-20-10-9-16(21(2,18)19)8-7-15-13(17)11-3-5-12(14)6-4-11/h3-6H,7-10H2,1-2H3,(H,15,17). The van der Waals surface area contributed by atoms with Crippen molar-refractivity contribution in [2.24, 2.45) is 0 Å². The lowest BCUT2D eigenvalue weighted by Gasteiger charge is -2.19. The van der Waals surface area contributed by atoms with Crippen LogP contribution >= 0.6 is 0 Å². The van der Waals surface area contributed by atoms with Crippen molar-refractivity contribution in [2.75, 3.05) is 39.6 Å². The molecular weight excluding hydrogens is 299 g/mol. The number of amides is 1. The SMILES string of the molecule is COCCN(CCNC(=O)c1ccc(F)cc1)S(C)(=O)=O. The van der Waals surface area contributed by atoms with Crippen LogP contribution in [0.2, 0.25) is 0 Å². The number of halogens is 1. The topological polar surface area (TPSA) is 75.7 Å². The Kier molecular flexibility index (Phi) is 6.73. The fourth-order valence-electron chi connectivity index (χ4n) is 1.63. The van der Waals surface area contributed by atoms with E-state index in [2.05, 4.69) is 5.32 Å². The number of hydrogen-bond acceptors (Lipinski definition) is 4. The number of rotatable bonds is 8. The van der Waals surface area contributed by atoms with Gasteiger partial charge in [0.2, 0.25) is 10.0 Å². The molecule has 0 fully saturated rings. The Labute approximate surface area is 123 Å². The van der Waals surface area contributed by atoms with Gasteiger partial charge in [0, 0.05) is 32.3 Å². The maximum Gasteiger partial charge on any atom is 0.251 e. The van der Waals surface area contributed by atoms with Gasteiger partial charge in [0.15, 0.2) is 0 Å². The van der Waals surface area contributed by atoms with Crippen LogP contribution in [-0.4, -0.2) is 58.2 Å². The molecule has 0 spiro atoms. The summed E-state index contributed by atoms with van der Waals surface area (Å²) >= 11 is 0. The van der Waals surface area contributed by atoms with E-state index >= 15 is 0 Å². The average molecular weight is 318 g/mol. The van der Waals surface area contributed by atoms with E-state index in [9.17, 15) is 17.6 Å². The van der Waals surface area contributed by atoms with Crippen molar-refractivity contribution in [3.63, 3.8) is 0 Å². The second-order valence-electron chi connectivity index (χ2n) is 4.42. The normalized spacial score (nSPS) is 11.6. The number of benzene rings is 1. The fraction of sp³-hybridized carbons (Fsp3) is 0.462. The van der Waals surface area contributed by atoms with Crippen LogP contribution in [0.5, 0.6) is 0 Å². The third-order valence-corrected chi connectivity index (χ3v) is 4.07. The van der Waals surface area contributed by atoms with Gasteiger partial charge in [-0.05, 0) is 24.3 Å². The zero-order valence-electron chi connectivity index (χ0n) is 12.0. The third-order valence-electron chi connectivity index (χ3n) is 2.77. The maximum atomic E-state index is 12.7. The second-order valence-corrected chi connectivity index (χ2v) is 6.40. The zero-order valence-corrected chi connectivity index (χ0v) is 12.8. The van der Waals surface area contributed by atoms with Crippen LogP contribution in [0, 0.1) is 5.82 Å². The van der Waals surface area contributed by atoms with Crippen LogP contribution in [0.4, 0.5) is 4.39 Å². The average Bonchev–Trinajstić information content (AvgIpc) is 2.41. The highest BCUT2D eigenvalue weighted by molar-refractivity contribution is 7.88. The number of sulfonamides is 1. The van der Waals surface area contributed by atoms with Gasteiger partial charge >= 0.3 is 0 Å². The molecule has 0 aromatic heterocycles. The molecule has 8 heteroatoms. The number of carbonyl (C=O) groups excluding carboxylic acids is 1. The Bertz CT molecular complexity index is 560. The lowest BCUT2D eigenvalue weighted by atomic mass is 10.2. The summed E-state index contributed by atoms with van der Waals surface area (Å²) in [5, 5.41) is 2.59. The largest absolute Gasteiger partial charge is 0.383 e. The van der Waals surface area contributed by atoms with Gasteiger partial charge in [-0.3, -0.25) is 4.79 Å².